The van der Waals surface area contributed by atoms with Crippen LogP contribution in [0.3, 0.4) is 0 Å². The van der Waals surface area contributed by atoms with E-state index in [0.29, 0.717) is 6.42 Å². The van der Waals surface area contributed by atoms with Crippen LogP contribution in [0.4, 0.5) is 0 Å². The first kappa shape index (κ1) is 7.09. The number of hydrogen-bond donors (Lipinski definition) is 0. The van der Waals surface area contributed by atoms with Gasteiger partial charge in [-0.15, -0.1) is 0 Å². The number of carbonyl (C=O) groups excluding carboxylic acids is 1. The van der Waals surface area contributed by atoms with Crippen molar-refractivity contribution in [2.24, 2.45) is 0 Å². The van der Waals surface area contributed by atoms with E-state index in [4.69, 9.17) is 9.47 Å². The molecule has 0 spiro atoms. The van der Waals surface area contributed by atoms with E-state index < -0.39 is 0 Å². The van der Waals surface area contributed by atoms with Gasteiger partial charge in [0.2, 0.25) is 0 Å². The second kappa shape index (κ2) is 2.33. The molecule has 0 bridgehead atoms. The fourth-order valence-corrected chi connectivity index (χ4v) is 1.95. The molecule has 0 saturated carbocycles. The first-order valence-corrected chi connectivity index (χ1v) is 4.27. The largest absolute Gasteiger partial charge is 0.467 e. The smallest absolute Gasteiger partial charge is 0.189 e. The van der Waals surface area contributed by atoms with Crippen molar-refractivity contribution in [3.8, 4) is 5.75 Å². The summed E-state index contributed by atoms with van der Waals surface area (Å²) in [5.74, 6) is 0.965. The third-order valence-electron chi connectivity index (χ3n) is 2.54. The van der Waals surface area contributed by atoms with Crippen LogP contribution >= 0.6 is 0 Å². The van der Waals surface area contributed by atoms with Gasteiger partial charge >= 0.3 is 0 Å². The molecule has 1 heterocycles. The molecule has 1 atom stereocenters. The van der Waals surface area contributed by atoms with Gasteiger partial charge in [0.05, 0.1) is 6.10 Å². The monoisotopic (exact) mass is 176 g/mol. The van der Waals surface area contributed by atoms with Crippen LogP contribution in [0.5, 0.6) is 5.75 Å². The molecule has 0 radical (unpaired) electrons. The van der Waals surface area contributed by atoms with Gasteiger partial charge in [-0.1, -0.05) is 12.1 Å². The molecule has 0 fully saturated rings. The van der Waals surface area contributed by atoms with Crippen molar-refractivity contribution in [3.05, 3.63) is 29.3 Å². The molecule has 1 aromatic rings. The Morgan fingerprint density at radius 2 is 2.31 bits per heavy atom. The minimum Gasteiger partial charge on any atom is -0.467 e. The van der Waals surface area contributed by atoms with Crippen LogP contribution in [0, 0.1) is 0 Å². The van der Waals surface area contributed by atoms with Gasteiger partial charge in [0.1, 0.15) is 5.75 Å². The van der Waals surface area contributed by atoms with Crippen molar-refractivity contribution >= 4 is 5.78 Å². The average molecular weight is 176 g/mol. The summed E-state index contributed by atoms with van der Waals surface area (Å²) in [7, 11) is 0. The molecule has 2 aliphatic rings. The molecule has 1 aromatic carbocycles. The zero-order chi connectivity index (χ0) is 8.84. The molecule has 1 aliphatic heterocycles. The van der Waals surface area contributed by atoms with Gasteiger partial charge in [0.15, 0.2) is 12.6 Å². The third kappa shape index (κ3) is 0.848. The van der Waals surface area contributed by atoms with Gasteiger partial charge in [0, 0.05) is 17.5 Å². The van der Waals surface area contributed by atoms with Crippen LogP contribution in [0.2, 0.25) is 0 Å². The first-order valence-electron chi connectivity index (χ1n) is 4.27. The predicted octanol–water partition coefficient (Wildman–Crippen LogP) is 1.68. The molecule has 1 aliphatic carbocycles. The van der Waals surface area contributed by atoms with E-state index in [0.717, 1.165) is 16.9 Å². The lowest BCUT2D eigenvalue weighted by Crippen LogP contribution is -2.14. The average Bonchev–Trinajstić information content (AvgIpc) is 2.47. The molecule has 66 valence electrons. The van der Waals surface area contributed by atoms with Crippen LogP contribution < -0.4 is 4.74 Å². The number of rotatable bonds is 0. The van der Waals surface area contributed by atoms with E-state index in [9.17, 15) is 4.79 Å². The maximum atomic E-state index is 11.5. The van der Waals surface area contributed by atoms with Gasteiger partial charge < -0.3 is 9.47 Å². The summed E-state index contributed by atoms with van der Waals surface area (Å²) in [6, 6.07) is 5.56. The molecule has 3 nitrogen and oxygen atoms in total. The molecule has 3 heteroatoms. The van der Waals surface area contributed by atoms with Crippen LogP contribution in [-0.4, -0.2) is 12.6 Å². The fraction of sp³-hybridized carbons (Fsp3) is 0.300. The molecule has 0 saturated heterocycles. The quantitative estimate of drug-likeness (QED) is 0.603. The minimum absolute atomic E-state index is 0.0625. The highest BCUT2D eigenvalue weighted by Gasteiger charge is 2.35. The minimum atomic E-state index is -0.0625. The van der Waals surface area contributed by atoms with Gasteiger partial charge in [-0.05, 0) is 6.07 Å². The highest BCUT2D eigenvalue weighted by molar-refractivity contribution is 6.01. The lowest BCUT2D eigenvalue weighted by molar-refractivity contribution is -0.0553. The number of carbonyl (C=O) groups is 1. The van der Waals surface area contributed by atoms with E-state index in [1.165, 1.54) is 0 Å². The molecule has 3 rings (SSSR count). The fourth-order valence-electron chi connectivity index (χ4n) is 1.95. The summed E-state index contributed by atoms with van der Waals surface area (Å²) >= 11 is 0. The Kier molecular flexibility index (Phi) is 1.27. The Labute approximate surface area is 75.3 Å². The van der Waals surface area contributed by atoms with Crippen molar-refractivity contribution < 1.29 is 14.3 Å². The van der Waals surface area contributed by atoms with Gasteiger partial charge in [-0.3, -0.25) is 4.79 Å². The number of benzene rings is 1. The summed E-state index contributed by atoms with van der Waals surface area (Å²) in [6.07, 6.45) is 0.405. The molecule has 0 amide bonds. The highest BCUT2D eigenvalue weighted by Crippen LogP contribution is 2.42. The maximum absolute atomic E-state index is 11.5. The topological polar surface area (TPSA) is 35.5 Å². The SMILES string of the molecule is O=C1CC2OCOc3cccc1c32. The zero-order valence-electron chi connectivity index (χ0n) is 6.95. The van der Waals surface area contributed by atoms with Crippen LogP contribution in [0.15, 0.2) is 18.2 Å². The Balaban J connectivity index is 2.28. The van der Waals surface area contributed by atoms with Crippen molar-refractivity contribution in [1.82, 2.24) is 0 Å². The van der Waals surface area contributed by atoms with Crippen molar-refractivity contribution in [1.29, 1.82) is 0 Å². The number of Topliss-reactive ketones (excluding diaryl/α,β-unsaturated/α-hetero) is 1. The molecular formula is C10H8O3. The Bertz CT molecular complexity index is 384. The Hall–Kier alpha value is -1.35. The van der Waals surface area contributed by atoms with Crippen LogP contribution in [0.25, 0.3) is 0 Å². The standard InChI is InChI=1S/C10H8O3/c11-7-4-9-10-6(7)2-1-3-8(10)12-5-13-9/h1-3,9H,4-5H2. The maximum Gasteiger partial charge on any atom is 0.189 e. The molecule has 0 aromatic heterocycles. The highest BCUT2D eigenvalue weighted by atomic mass is 16.7. The molecule has 0 N–H and O–H groups in total. The summed E-state index contributed by atoms with van der Waals surface area (Å²) < 4.78 is 10.6. The normalized spacial score (nSPS) is 24.0. The van der Waals surface area contributed by atoms with Gasteiger partial charge in [0.25, 0.3) is 0 Å². The second-order valence-corrected chi connectivity index (χ2v) is 3.26. The van der Waals surface area contributed by atoms with Gasteiger partial charge in [-0.2, -0.15) is 0 Å². The molecular weight excluding hydrogens is 168 g/mol. The molecule has 13 heavy (non-hydrogen) atoms. The van der Waals surface area contributed by atoms with E-state index in [1.54, 1.807) is 0 Å². The Morgan fingerprint density at radius 3 is 3.23 bits per heavy atom. The van der Waals surface area contributed by atoms with Crippen molar-refractivity contribution in [2.45, 2.75) is 12.5 Å². The number of ketones is 1. The van der Waals surface area contributed by atoms with Crippen molar-refractivity contribution in [2.75, 3.05) is 6.79 Å². The van der Waals surface area contributed by atoms with E-state index in [-0.39, 0.29) is 18.7 Å². The molecule has 1 unspecified atom stereocenters. The predicted molar refractivity (Wildman–Crippen MR) is 44.7 cm³/mol. The number of ether oxygens (including phenoxy) is 2. The summed E-state index contributed by atoms with van der Waals surface area (Å²) in [6.45, 7) is 0.258. The van der Waals surface area contributed by atoms with Crippen LogP contribution in [0.1, 0.15) is 28.4 Å². The summed E-state index contributed by atoms with van der Waals surface area (Å²) in [5.41, 5.74) is 1.71. The van der Waals surface area contributed by atoms with Crippen molar-refractivity contribution in [3.63, 3.8) is 0 Å². The lowest BCUT2D eigenvalue weighted by Gasteiger charge is -2.21. The summed E-state index contributed by atoms with van der Waals surface area (Å²) in [5, 5.41) is 0. The van der Waals surface area contributed by atoms with E-state index in [2.05, 4.69) is 0 Å². The number of hydrogen-bond acceptors (Lipinski definition) is 3. The van der Waals surface area contributed by atoms with E-state index in [1.807, 2.05) is 18.2 Å². The van der Waals surface area contributed by atoms with E-state index >= 15 is 0 Å². The lowest BCUT2D eigenvalue weighted by atomic mass is 10.1. The van der Waals surface area contributed by atoms with Crippen LogP contribution in [-0.2, 0) is 4.74 Å². The first-order chi connectivity index (χ1) is 6.36. The Morgan fingerprint density at radius 1 is 1.38 bits per heavy atom. The second-order valence-electron chi connectivity index (χ2n) is 3.26. The summed E-state index contributed by atoms with van der Waals surface area (Å²) in [4.78, 5) is 11.5. The zero-order valence-corrected chi connectivity index (χ0v) is 6.95. The third-order valence-corrected chi connectivity index (χ3v) is 2.54. The van der Waals surface area contributed by atoms with Gasteiger partial charge in [-0.25, -0.2) is 0 Å².